The second-order valence-electron chi connectivity index (χ2n) is 4.53. The number of benzene rings is 2. The molecular weight excluding hydrogens is 292 g/mol. The SMILES string of the molecule is COc1ccc(CNc2cccc([N+](=O)[O-])c2C)cc1Cl. The van der Waals surface area contributed by atoms with Crippen molar-refractivity contribution < 1.29 is 9.66 Å². The lowest BCUT2D eigenvalue weighted by Crippen LogP contribution is -2.03. The van der Waals surface area contributed by atoms with Crippen LogP contribution in [0, 0.1) is 17.0 Å². The molecule has 0 unspecified atom stereocenters. The van der Waals surface area contributed by atoms with Crippen molar-refractivity contribution in [2.24, 2.45) is 0 Å². The van der Waals surface area contributed by atoms with Gasteiger partial charge in [-0.2, -0.15) is 0 Å². The maximum absolute atomic E-state index is 10.9. The summed E-state index contributed by atoms with van der Waals surface area (Å²) in [7, 11) is 1.56. The Bertz CT molecular complexity index is 674. The predicted molar refractivity (Wildman–Crippen MR) is 83.2 cm³/mol. The number of methoxy groups -OCH3 is 1. The number of anilines is 1. The highest BCUT2D eigenvalue weighted by atomic mass is 35.5. The Morgan fingerprint density at radius 1 is 1.33 bits per heavy atom. The minimum atomic E-state index is -0.384. The number of nitro groups is 1. The molecule has 0 saturated carbocycles. The second kappa shape index (κ2) is 6.45. The summed E-state index contributed by atoms with van der Waals surface area (Å²) in [5, 5.41) is 14.6. The quantitative estimate of drug-likeness (QED) is 0.665. The number of rotatable bonds is 5. The molecule has 0 aliphatic carbocycles. The lowest BCUT2D eigenvalue weighted by Gasteiger charge is -2.11. The van der Waals surface area contributed by atoms with Crippen LogP contribution >= 0.6 is 11.6 Å². The fraction of sp³-hybridized carbons (Fsp3) is 0.200. The molecule has 0 aromatic heterocycles. The second-order valence-corrected chi connectivity index (χ2v) is 4.94. The van der Waals surface area contributed by atoms with E-state index in [4.69, 9.17) is 16.3 Å². The van der Waals surface area contributed by atoms with Gasteiger partial charge in [-0.3, -0.25) is 10.1 Å². The number of nitrogens with one attached hydrogen (secondary N) is 1. The summed E-state index contributed by atoms with van der Waals surface area (Å²) in [6.07, 6.45) is 0. The molecule has 2 rings (SSSR count). The van der Waals surface area contributed by atoms with E-state index in [0.29, 0.717) is 22.9 Å². The van der Waals surface area contributed by atoms with E-state index < -0.39 is 0 Å². The Hall–Kier alpha value is -2.27. The Balaban J connectivity index is 2.15. The number of hydrogen-bond acceptors (Lipinski definition) is 4. The monoisotopic (exact) mass is 306 g/mol. The largest absolute Gasteiger partial charge is 0.495 e. The zero-order chi connectivity index (χ0) is 15.4. The number of ether oxygens (including phenoxy) is 1. The number of nitrogens with zero attached hydrogens (tertiary/aromatic N) is 1. The Labute approximate surface area is 127 Å². The molecule has 0 spiro atoms. The van der Waals surface area contributed by atoms with Crippen LogP contribution in [-0.2, 0) is 6.54 Å². The zero-order valence-electron chi connectivity index (χ0n) is 11.7. The van der Waals surface area contributed by atoms with Gasteiger partial charge < -0.3 is 10.1 Å². The molecule has 0 aliphatic heterocycles. The molecule has 0 amide bonds. The van der Waals surface area contributed by atoms with Crippen molar-refractivity contribution in [2.45, 2.75) is 13.5 Å². The minimum absolute atomic E-state index is 0.104. The highest BCUT2D eigenvalue weighted by Gasteiger charge is 2.12. The fourth-order valence-electron chi connectivity index (χ4n) is 2.03. The first kappa shape index (κ1) is 15.1. The van der Waals surface area contributed by atoms with Crippen molar-refractivity contribution in [1.29, 1.82) is 0 Å². The van der Waals surface area contributed by atoms with E-state index in [1.165, 1.54) is 6.07 Å². The van der Waals surface area contributed by atoms with E-state index in [9.17, 15) is 10.1 Å². The molecule has 0 saturated heterocycles. The van der Waals surface area contributed by atoms with E-state index in [0.717, 1.165) is 11.3 Å². The summed E-state index contributed by atoms with van der Waals surface area (Å²) in [5.41, 5.74) is 2.41. The van der Waals surface area contributed by atoms with Crippen LogP contribution in [-0.4, -0.2) is 12.0 Å². The van der Waals surface area contributed by atoms with Gasteiger partial charge in [0.25, 0.3) is 5.69 Å². The third-order valence-corrected chi connectivity index (χ3v) is 3.50. The van der Waals surface area contributed by atoms with Crippen molar-refractivity contribution in [3.63, 3.8) is 0 Å². The first-order valence-corrected chi connectivity index (χ1v) is 6.71. The highest BCUT2D eigenvalue weighted by molar-refractivity contribution is 6.32. The lowest BCUT2D eigenvalue weighted by molar-refractivity contribution is -0.385. The average Bonchev–Trinajstić information content (AvgIpc) is 2.46. The van der Waals surface area contributed by atoms with E-state index >= 15 is 0 Å². The number of nitro benzene ring substituents is 1. The van der Waals surface area contributed by atoms with Gasteiger partial charge in [0.2, 0.25) is 0 Å². The molecule has 0 bridgehead atoms. The molecule has 0 fully saturated rings. The minimum Gasteiger partial charge on any atom is -0.495 e. The van der Waals surface area contributed by atoms with E-state index in [1.54, 1.807) is 32.2 Å². The summed E-state index contributed by atoms with van der Waals surface area (Å²) in [5.74, 6) is 0.618. The molecule has 2 aromatic carbocycles. The van der Waals surface area contributed by atoms with Crippen LogP contribution in [0.3, 0.4) is 0 Å². The zero-order valence-corrected chi connectivity index (χ0v) is 12.5. The van der Waals surface area contributed by atoms with Gasteiger partial charge in [-0.15, -0.1) is 0 Å². The van der Waals surface area contributed by atoms with E-state index in [-0.39, 0.29) is 10.6 Å². The van der Waals surface area contributed by atoms with Crippen molar-refractivity contribution in [2.75, 3.05) is 12.4 Å². The molecule has 0 atom stereocenters. The smallest absolute Gasteiger partial charge is 0.274 e. The standard InChI is InChI=1S/C15H15ClN2O3/c1-10-13(4-3-5-14(10)18(19)20)17-9-11-6-7-15(21-2)12(16)8-11/h3-8,17H,9H2,1-2H3. The van der Waals surface area contributed by atoms with Crippen LogP contribution < -0.4 is 10.1 Å². The first-order valence-electron chi connectivity index (χ1n) is 6.33. The number of hydrogen-bond donors (Lipinski definition) is 1. The fourth-order valence-corrected chi connectivity index (χ4v) is 2.31. The van der Waals surface area contributed by atoms with Crippen LogP contribution in [0.4, 0.5) is 11.4 Å². The molecule has 6 heteroatoms. The van der Waals surface area contributed by atoms with Gasteiger partial charge in [0, 0.05) is 23.9 Å². The molecule has 0 radical (unpaired) electrons. The molecule has 0 heterocycles. The maximum Gasteiger partial charge on any atom is 0.274 e. The van der Waals surface area contributed by atoms with Crippen molar-refractivity contribution in [3.05, 3.63) is 62.7 Å². The van der Waals surface area contributed by atoms with Gasteiger partial charge in [-0.25, -0.2) is 0 Å². The van der Waals surface area contributed by atoms with Crippen LogP contribution in [0.25, 0.3) is 0 Å². The Morgan fingerprint density at radius 2 is 2.10 bits per heavy atom. The van der Waals surface area contributed by atoms with Crippen molar-refractivity contribution in [1.82, 2.24) is 0 Å². The summed E-state index contributed by atoms with van der Waals surface area (Å²) >= 11 is 6.07. The van der Waals surface area contributed by atoms with Crippen molar-refractivity contribution >= 4 is 23.0 Å². The molecule has 5 nitrogen and oxygen atoms in total. The van der Waals surface area contributed by atoms with Crippen molar-refractivity contribution in [3.8, 4) is 5.75 Å². The highest BCUT2D eigenvalue weighted by Crippen LogP contribution is 2.27. The van der Waals surface area contributed by atoms with E-state index in [1.807, 2.05) is 12.1 Å². The molecule has 2 aromatic rings. The van der Waals surface area contributed by atoms with Gasteiger partial charge in [0.05, 0.1) is 17.1 Å². The van der Waals surface area contributed by atoms with Crippen LogP contribution in [0.15, 0.2) is 36.4 Å². The summed E-state index contributed by atoms with van der Waals surface area (Å²) in [6, 6.07) is 10.5. The van der Waals surface area contributed by atoms with Gasteiger partial charge in [0.1, 0.15) is 5.75 Å². The summed E-state index contributed by atoms with van der Waals surface area (Å²) in [4.78, 5) is 10.5. The normalized spacial score (nSPS) is 10.2. The van der Waals surface area contributed by atoms with E-state index in [2.05, 4.69) is 5.32 Å². The van der Waals surface area contributed by atoms with Gasteiger partial charge >= 0.3 is 0 Å². The van der Waals surface area contributed by atoms with Gasteiger partial charge in [0.15, 0.2) is 0 Å². The van der Waals surface area contributed by atoms with Crippen LogP contribution in [0.1, 0.15) is 11.1 Å². The van der Waals surface area contributed by atoms with Gasteiger partial charge in [-0.1, -0.05) is 23.7 Å². The molecule has 1 N–H and O–H groups in total. The molecular formula is C15H15ClN2O3. The Kier molecular flexibility index (Phi) is 4.65. The third kappa shape index (κ3) is 3.44. The maximum atomic E-state index is 10.9. The topological polar surface area (TPSA) is 64.4 Å². The third-order valence-electron chi connectivity index (χ3n) is 3.20. The summed E-state index contributed by atoms with van der Waals surface area (Å²) < 4.78 is 5.10. The molecule has 21 heavy (non-hydrogen) atoms. The first-order chi connectivity index (χ1) is 10.0. The van der Waals surface area contributed by atoms with Crippen LogP contribution in [0.2, 0.25) is 5.02 Å². The number of halogens is 1. The van der Waals surface area contributed by atoms with Crippen LogP contribution in [0.5, 0.6) is 5.75 Å². The summed E-state index contributed by atoms with van der Waals surface area (Å²) in [6.45, 7) is 2.24. The Morgan fingerprint density at radius 3 is 2.71 bits per heavy atom. The predicted octanol–water partition coefficient (Wildman–Crippen LogP) is 4.18. The lowest BCUT2D eigenvalue weighted by atomic mass is 10.1. The molecule has 110 valence electrons. The van der Waals surface area contributed by atoms with Gasteiger partial charge in [-0.05, 0) is 30.7 Å². The molecule has 0 aliphatic rings. The average molecular weight is 307 g/mol.